The van der Waals surface area contributed by atoms with Crippen LogP contribution in [0.5, 0.6) is 0 Å². The lowest BCUT2D eigenvalue weighted by molar-refractivity contribution is -0.137. The number of carbonyl (C=O) groups is 1. The highest BCUT2D eigenvalue weighted by Gasteiger charge is 2.30. The molecule has 1 aromatic heterocycles. The molecule has 2 aliphatic heterocycles. The molecule has 3 heterocycles. The molecule has 2 saturated heterocycles. The van der Waals surface area contributed by atoms with Crippen molar-refractivity contribution in [1.29, 1.82) is 5.26 Å². The van der Waals surface area contributed by atoms with Crippen LogP contribution >= 0.6 is 0 Å². The van der Waals surface area contributed by atoms with Gasteiger partial charge in [0, 0.05) is 37.9 Å². The Kier molecular flexibility index (Phi) is 8.78. The first-order chi connectivity index (χ1) is 18.7. The van der Waals surface area contributed by atoms with Gasteiger partial charge in [-0.2, -0.15) is 23.5 Å². The van der Waals surface area contributed by atoms with Gasteiger partial charge in [-0.25, -0.2) is 4.68 Å². The number of halogens is 3. The molecule has 12 heteroatoms. The zero-order chi connectivity index (χ0) is 27.6. The second-order valence-electron chi connectivity index (χ2n) is 9.76. The van der Waals surface area contributed by atoms with E-state index in [2.05, 4.69) is 26.3 Å². The number of nitrogens with one attached hydrogen (secondary N) is 1. The van der Waals surface area contributed by atoms with Crippen molar-refractivity contribution in [3.8, 4) is 11.8 Å². The summed E-state index contributed by atoms with van der Waals surface area (Å²) in [7, 11) is 0. The first-order valence-electron chi connectivity index (χ1n) is 12.9. The second-order valence-corrected chi connectivity index (χ2v) is 9.76. The van der Waals surface area contributed by atoms with Crippen molar-refractivity contribution in [3.05, 3.63) is 71.0 Å². The predicted octanol–water partition coefficient (Wildman–Crippen LogP) is 3.80. The van der Waals surface area contributed by atoms with Crippen molar-refractivity contribution in [2.45, 2.75) is 32.0 Å². The van der Waals surface area contributed by atoms with Gasteiger partial charge in [-0.1, -0.05) is 0 Å². The minimum Gasteiger partial charge on any atom is -0.412 e. The third kappa shape index (κ3) is 6.12. The van der Waals surface area contributed by atoms with E-state index in [1.54, 1.807) is 19.1 Å². The summed E-state index contributed by atoms with van der Waals surface area (Å²) >= 11 is 0. The van der Waals surface area contributed by atoms with E-state index in [4.69, 9.17) is 4.74 Å². The van der Waals surface area contributed by atoms with Crippen LogP contribution in [0.2, 0.25) is 0 Å². The molecule has 212 valence electrons. The number of aromatic nitrogens is 2. The fraction of sp³-hybridized carbons (Fsp3) is 0.393. The number of piperidine rings is 1. The average molecular weight is 557 g/mol. The van der Waals surface area contributed by atoms with Crippen molar-refractivity contribution >= 4 is 17.3 Å². The third-order valence-electron chi connectivity index (χ3n) is 7.46. The maximum Gasteiger partial charge on any atom is 0.416 e. The molecular weight excluding hydrogens is 525 g/mol. The van der Waals surface area contributed by atoms with Crippen LogP contribution < -0.4 is 10.2 Å². The summed E-state index contributed by atoms with van der Waals surface area (Å²) < 4.78 is 45.5. The molecule has 2 aliphatic rings. The van der Waals surface area contributed by atoms with E-state index < -0.39 is 17.6 Å². The van der Waals surface area contributed by atoms with Crippen LogP contribution in [0.15, 0.2) is 48.7 Å². The topological polar surface area (TPSA) is 118 Å². The normalized spacial score (nSPS) is 16.7. The van der Waals surface area contributed by atoms with Gasteiger partial charge in [-0.3, -0.25) is 9.69 Å². The molecule has 40 heavy (non-hydrogen) atoms. The first kappa shape index (κ1) is 29.1. The summed E-state index contributed by atoms with van der Waals surface area (Å²) in [6.07, 6.45) is -0.984. The molecule has 3 N–H and O–H groups in total. The smallest absolute Gasteiger partial charge is 0.412 e. The van der Waals surface area contributed by atoms with Crippen LogP contribution in [0.3, 0.4) is 0 Å². The maximum atomic E-state index is 13.1. The highest BCUT2D eigenvalue weighted by atomic mass is 19.4. The van der Waals surface area contributed by atoms with Crippen LogP contribution in [0.4, 0.5) is 24.5 Å². The largest absolute Gasteiger partial charge is 0.416 e. The summed E-state index contributed by atoms with van der Waals surface area (Å²) in [6.45, 7) is 6.96. The molecule has 5 rings (SSSR count). The number of alkyl halides is 3. The fourth-order valence-corrected chi connectivity index (χ4v) is 5.24. The lowest BCUT2D eigenvalue weighted by Crippen LogP contribution is -2.49. The van der Waals surface area contributed by atoms with E-state index >= 15 is 0 Å². The van der Waals surface area contributed by atoms with Crippen LogP contribution in [0.25, 0.3) is 5.69 Å². The summed E-state index contributed by atoms with van der Waals surface area (Å²) in [5.74, 6) is -0.457. The van der Waals surface area contributed by atoms with Gasteiger partial charge in [-0.05, 0) is 62.2 Å². The molecule has 0 spiro atoms. The molecule has 0 bridgehead atoms. The van der Waals surface area contributed by atoms with Crippen LogP contribution in [-0.4, -0.2) is 71.5 Å². The molecule has 9 nitrogen and oxygen atoms in total. The number of nitrogens with zero attached hydrogens (tertiary/aromatic N) is 5. The van der Waals surface area contributed by atoms with Gasteiger partial charge in [0.1, 0.15) is 6.07 Å². The van der Waals surface area contributed by atoms with Crippen LogP contribution in [-0.2, 0) is 10.9 Å². The number of anilines is 2. The Balaban J connectivity index is 0.00000370. The van der Waals surface area contributed by atoms with Gasteiger partial charge in [0.2, 0.25) is 0 Å². The molecule has 0 unspecified atom stereocenters. The zero-order valence-corrected chi connectivity index (χ0v) is 22.0. The molecular formula is C28H31F3N6O3. The Hall–Kier alpha value is -3.92. The SMILES string of the molecule is Cc1c(C(=O)Nc2ccc(N3CCC(N4CCOCC4)CC3)cc2C#N)cnn1-c1ccc(C(F)(F)F)cc1.O. The number of carbonyl (C=O) groups excluding carboxylic acids is 1. The fourth-order valence-electron chi connectivity index (χ4n) is 5.24. The Labute approximate surface area is 230 Å². The van der Waals surface area contributed by atoms with Gasteiger partial charge in [0.25, 0.3) is 5.91 Å². The van der Waals surface area contributed by atoms with Crippen molar-refractivity contribution in [1.82, 2.24) is 14.7 Å². The van der Waals surface area contributed by atoms with E-state index in [0.29, 0.717) is 28.7 Å². The number of morpholine rings is 1. The Morgan fingerprint density at radius 1 is 1.05 bits per heavy atom. The molecule has 3 aromatic rings. The highest BCUT2D eigenvalue weighted by molar-refractivity contribution is 6.05. The Morgan fingerprint density at radius 3 is 2.33 bits per heavy atom. The van der Waals surface area contributed by atoms with Gasteiger partial charge >= 0.3 is 6.18 Å². The number of hydrogen-bond acceptors (Lipinski definition) is 6. The number of hydrogen-bond donors (Lipinski definition) is 1. The Bertz CT molecular complexity index is 1370. The molecule has 2 aromatic carbocycles. The van der Waals surface area contributed by atoms with E-state index in [0.717, 1.165) is 70.1 Å². The van der Waals surface area contributed by atoms with Crippen LogP contribution in [0.1, 0.15) is 40.0 Å². The molecule has 0 atom stereocenters. The standard InChI is InChI=1S/C28H29F3N6O2.H2O/c1-19-25(18-33-37(19)23-4-2-21(3-5-23)28(29,30)31)27(38)34-26-7-6-24(16-20(26)17-32)35-10-8-22(9-11-35)36-12-14-39-15-13-36;/h2-7,16,18,22H,8-15H2,1H3,(H,34,38);1H2. The molecule has 0 saturated carbocycles. The van der Waals surface area contributed by atoms with Crippen molar-refractivity contribution in [2.24, 2.45) is 0 Å². The number of rotatable bonds is 5. The zero-order valence-electron chi connectivity index (χ0n) is 22.0. The van der Waals surface area contributed by atoms with Crippen molar-refractivity contribution in [2.75, 3.05) is 49.6 Å². The van der Waals surface area contributed by atoms with Gasteiger partial charge in [0.05, 0.1) is 53.2 Å². The molecule has 0 aliphatic carbocycles. The maximum absolute atomic E-state index is 13.1. The number of amides is 1. The third-order valence-corrected chi connectivity index (χ3v) is 7.46. The summed E-state index contributed by atoms with van der Waals surface area (Å²) in [6, 6.07) is 12.7. The second kappa shape index (κ2) is 12.1. The number of benzene rings is 2. The molecule has 2 fully saturated rings. The monoisotopic (exact) mass is 556 g/mol. The van der Waals surface area contributed by atoms with Gasteiger partial charge < -0.3 is 20.4 Å². The van der Waals surface area contributed by atoms with E-state index in [9.17, 15) is 23.2 Å². The number of nitriles is 1. The predicted molar refractivity (Wildman–Crippen MR) is 144 cm³/mol. The summed E-state index contributed by atoms with van der Waals surface area (Å²) in [5.41, 5.74) is 2.04. The van der Waals surface area contributed by atoms with E-state index in [-0.39, 0.29) is 11.0 Å². The molecule has 0 radical (unpaired) electrons. The van der Waals surface area contributed by atoms with E-state index in [1.165, 1.54) is 23.0 Å². The lowest BCUT2D eigenvalue weighted by atomic mass is 10.0. The van der Waals surface area contributed by atoms with Crippen molar-refractivity contribution in [3.63, 3.8) is 0 Å². The lowest BCUT2D eigenvalue weighted by Gasteiger charge is -2.40. The summed E-state index contributed by atoms with van der Waals surface area (Å²) in [4.78, 5) is 17.8. The minimum absolute atomic E-state index is 0. The van der Waals surface area contributed by atoms with E-state index in [1.807, 2.05) is 6.07 Å². The average Bonchev–Trinajstić information content (AvgIpc) is 3.34. The van der Waals surface area contributed by atoms with Gasteiger partial charge in [0.15, 0.2) is 0 Å². The number of ether oxygens (including phenoxy) is 1. The van der Waals surface area contributed by atoms with Crippen molar-refractivity contribution < 1.29 is 28.2 Å². The quantitative estimate of drug-likeness (QED) is 0.511. The Morgan fingerprint density at radius 2 is 1.70 bits per heavy atom. The highest BCUT2D eigenvalue weighted by Crippen LogP contribution is 2.30. The molecule has 1 amide bonds. The first-order valence-corrected chi connectivity index (χ1v) is 12.9. The summed E-state index contributed by atoms with van der Waals surface area (Å²) in [5, 5.41) is 16.8. The van der Waals surface area contributed by atoms with Gasteiger partial charge in [-0.15, -0.1) is 0 Å². The van der Waals surface area contributed by atoms with Crippen LogP contribution in [0, 0.1) is 18.3 Å². The minimum atomic E-state index is -4.43.